The lowest BCUT2D eigenvalue weighted by Crippen LogP contribution is -2.37. The van der Waals surface area contributed by atoms with E-state index in [4.69, 9.17) is 5.11 Å². The van der Waals surface area contributed by atoms with Gasteiger partial charge in [-0.3, -0.25) is 9.20 Å². The van der Waals surface area contributed by atoms with Gasteiger partial charge >= 0.3 is 0 Å². The molecule has 0 fully saturated rings. The third-order valence-electron chi connectivity index (χ3n) is 2.56. The quantitative estimate of drug-likeness (QED) is 0.829. The fourth-order valence-corrected chi connectivity index (χ4v) is 2.30. The number of thiazole rings is 1. The first-order valence-electron chi connectivity index (χ1n) is 5.54. The molecule has 1 amide bonds. The van der Waals surface area contributed by atoms with Gasteiger partial charge in [0.05, 0.1) is 24.8 Å². The highest BCUT2D eigenvalue weighted by atomic mass is 32.1. The molecule has 2 rings (SSSR count). The molecule has 2 aromatic rings. The summed E-state index contributed by atoms with van der Waals surface area (Å²) in [7, 11) is 0. The Bertz CT molecular complexity index is 473. The lowest BCUT2D eigenvalue weighted by Gasteiger charge is -2.13. The fourth-order valence-electron chi connectivity index (χ4n) is 1.58. The van der Waals surface area contributed by atoms with E-state index < -0.39 is 0 Å². The Labute approximate surface area is 103 Å². The Balaban J connectivity index is 1.96. The van der Waals surface area contributed by atoms with Gasteiger partial charge in [0.2, 0.25) is 5.91 Å². The van der Waals surface area contributed by atoms with E-state index in [1.54, 1.807) is 0 Å². The van der Waals surface area contributed by atoms with Crippen molar-refractivity contribution in [3.8, 4) is 0 Å². The van der Waals surface area contributed by atoms with Gasteiger partial charge < -0.3 is 10.4 Å². The number of aliphatic hydroxyl groups excluding tert-OH is 1. The Morgan fingerprint density at radius 2 is 2.53 bits per heavy atom. The number of nitrogens with one attached hydrogen (secondary N) is 1. The molecular formula is C11H15N3O2S. The average molecular weight is 253 g/mol. The normalized spacial score (nSPS) is 12.8. The number of carbonyl (C=O) groups is 1. The molecule has 0 aliphatic heterocycles. The van der Waals surface area contributed by atoms with Crippen molar-refractivity contribution in [2.24, 2.45) is 0 Å². The second-order valence-electron chi connectivity index (χ2n) is 3.86. The molecule has 17 heavy (non-hydrogen) atoms. The predicted molar refractivity (Wildman–Crippen MR) is 66.1 cm³/mol. The summed E-state index contributed by atoms with van der Waals surface area (Å²) in [6.45, 7) is 1.90. The van der Waals surface area contributed by atoms with Gasteiger partial charge in [0.25, 0.3) is 0 Å². The van der Waals surface area contributed by atoms with Crippen molar-refractivity contribution in [3.63, 3.8) is 0 Å². The second-order valence-corrected chi connectivity index (χ2v) is 4.73. The van der Waals surface area contributed by atoms with Crippen LogP contribution in [0.25, 0.3) is 4.96 Å². The van der Waals surface area contributed by atoms with Gasteiger partial charge in [0, 0.05) is 17.8 Å². The van der Waals surface area contributed by atoms with Crippen LogP contribution >= 0.6 is 11.3 Å². The summed E-state index contributed by atoms with van der Waals surface area (Å²) in [5, 5.41) is 13.7. The van der Waals surface area contributed by atoms with Crippen LogP contribution in [0, 0.1) is 0 Å². The Morgan fingerprint density at radius 3 is 3.18 bits per heavy atom. The van der Waals surface area contributed by atoms with Crippen LogP contribution in [0.4, 0.5) is 0 Å². The molecular weight excluding hydrogens is 238 g/mol. The van der Waals surface area contributed by atoms with Crippen LogP contribution in [0.2, 0.25) is 0 Å². The number of imidazole rings is 1. The van der Waals surface area contributed by atoms with Crippen molar-refractivity contribution >= 4 is 22.2 Å². The molecule has 0 saturated carbocycles. The van der Waals surface area contributed by atoms with Gasteiger partial charge in [-0.2, -0.15) is 0 Å². The maximum Gasteiger partial charge on any atom is 0.226 e. The summed E-state index contributed by atoms with van der Waals surface area (Å²) in [5.41, 5.74) is 0.752. The predicted octanol–water partition coefficient (Wildman–Crippen LogP) is 0.825. The fraction of sp³-hybridized carbons (Fsp3) is 0.455. The summed E-state index contributed by atoms with van der Waals surface area (Å²) in [6, 6.07) is -0.161. The van der Waals surface area contributed by atoms with Crippen molar-refractivity contribution < 1.29 is 9.90 Å². The van der Waals surface area contributed by atoms with E-state index in [0.717, 1.165) is 17.1 Å². The van der Waals surface area contributed by atoms with Crippen molar-refractivity contribution in [1.82, 2.24) is 14.7 Å². The van der Waals surface area contributed by atoms with Gasteiger partial charge in [-0.15, -0.1) is 11.3 Å². The smallest absolute Gasteiger partial charge is 0.226 e. The van der Waals surface area contributed by atoms with Crippen molar-refractivity contribution in [1.29, 1.82) is 0 Å². The highest BCUT2D eigenvalue weighted by molar-refractivity contribution is 7.15. The van der Waals surface area contributed by atoms with E-state index in [9.17, 15) is 4.79 Å². The standard InChI is InChI=1S/C11H15N3O2S/c1-2-8(7-15)12-10(16)5-9-6-14-3-4-17-11(14)13-9/h3-4,6,8,15H,2,5,7H2,1H3,(H,12,16). The molecule has 1 unspecified atom stereocenters. The molecule has 0 aromatic carbocycles. The summed E-state index contributed by atoms with van der Waals surface area (Å²) >= 11 is 1.54. The Hall–Kier alpha value is -1.40. The molecule has 0 saturated heterocycles. The molecule has 0 bridgehead atoms. The SMILES string of the molecule is CCC(CO)NC(=O)Cc1cn2ccsc2n1. The highest BCUT2D eigenvalue weighted by Gasteiger charge is 2.11. The minimum Gasteiger partial charge on any atom is -0.394 e. The number of aromatic nitrogens is 2. The lowest BCUT2D eigenvalue weighted by molar-refractivity contribution is -0.121. The molecule has 2 N–H and O–H groups in total. The first-order valence-corrected chi connectivity index (χ1v) is 6.42. The van der Waals surface area contributed by atoms with Crippen LogP contribution in [0.1, 0.15) is 19.0 Å². The molecule has 0 aliphatic carbocycles. The Morgan fingerprint density at radius 1 is 1.71 bits per heavy atom. The molecule has 5 nitrogen and oxygen atoms in total. The van der Waals surface area contributed by atoms with E-state index in [1.165, 1.54) is 11.3 Å². The number of nitrogens with zero attached hydrogens (tertiary/aromatic N) is 2. The lowest BCUT2D eigenvalue weighted by atomic mass is 10.2. The number of carbonyl (C=O) groups excluding carboxylic acids is 1. The number of rotatable bonds is 5. The monoisotopic (exact) mass is 253 g/mol. The van der Waals surface area contributed by atoms with Crippen molar-refractivity contribution in [2.45, 2.75) is 25.8 Å². The molecule has 0 spiro atoms. The average Bonchev–Trinajstić information content (AvgIpc) is 2.86. The van der Waals surface area contributed by atoms with E-state index in [0.29, 0.717) is 0 Å². The summed E-state index contributed by atoms with van der Waals surface area (Å²) < 4.78 is 1.90. The number of fused-ring (bicyclic) bond motifs is 1. The minimum absolute atomic E-state index is 0.0273. The summed E-state index contributed by atoms with van der Waals surface area (Å²) in [4.78, 5) is 16.9. The molecule has 1 atom stereocenters. The van der Waals surface area contributed by atoms with Gasteiger partial charge in [-0.1, -0.05) is 6.92 Å². The maximum absolute atomic E-state index is 11.7. The summed E-state index contributed by atoms with van der Waals surface area (Å²) in [6.07, 6.45) is 4.74. The van der Waals surface area contributed by atoms with E-state index in [-0.39, 0.29) is 25.0 Å². The third-order valence-corrected chi connectivity index (χ3v) is 3.33. The number of hydrogen-bond donors (Lipinski definition) is 2. The van der Waals surface area contributed by atoms with Gasteiger partial charge in [0.15, 0.2) is 4.96 Å². The number of aliphatic hydroxyl groups is 1. The molecule has 0 radical (unpaired) electrons. The van der Waals surface area contributed by atoms with Gasteiger partial charge in [0.1, 0.15) is 0 Å². The third kappa shape index (κ3) is 2.83. The van der Waals surface area contributed by atoms with Crippen LogP contribution in [0.3, 0.4) is 0 Å². The maximum atomic E-state index is 11.7. The van der Waals surface area contributed by atoms with Crippen LogP contribution in [0.5, 0.6) is 0 Å². The first kappa shape index (κ1) is 12.1. The molecule has 2 heterocycles. The van der Waals surface area contributed by atoms with Crippen molar-refractivity contribution in [2.75, 3.05) is 6.61 Å². The zero-order valence-electron chi connectivity index (χ0n) is 9.59. The largest absolute Gasteiger partial charge is 0.394 e. The molecule has 6 heteroatoms. The van der Waals surface area contributed by atoms with Gasteiger partial charge in [-0.25, -0.2) is 4.98 Å². The summed E-state index contributed by atoms with van der Waals surface area (Å²) in [5.74, 6) is -0.100. The minimum atomic E-state index is -0.161. The molecule has 92 valence electrons. The van der Waals surface area contributed by atoms with Crippen LogP contribution in [-0.2, 0) is 11.2 Å². The molecule has 0 aliphatic rings. The van der Waals surface area contributed by atoms with Crippen LogP contribution < -0.4 is 5.32 Å². The van der Waals surface area contributed by atoms with E-state index >= 15 is 0 Å². The zero-order chi connectivity index (χ0) is 12.3. The van der Waals surface area contributed by atoms with E-state index in [2.05, 4.69) is 10.3 Å². The highest BCUT2D eigenvalue weighted by Crippen LogP contribution is 2.11. The number of hydrogen-bond acceptors (Lipinski definition) is 4. The molecule has 2 aromatic heterocycles. The van der Waals surface area contributed by atoms with Crippen LogP contribution in [-0.4, -0.2) is 33.0 Å². The van der Waals surface area contributed by atoms with Crippen molar-refractivity contribution in [3.05, 3.63) is 23.5 Å². The second kappa shape index (κ2) is 5.29. The first-order chi connectivity index (χ1) is 8.22. The topological polar surface area (TPSA) is 66.6 Å². The van der Waals surface area contributed by atoms with Gasteiger partial charge in [-0.05, 0) is 6.42 Å². The number of amides is 1. The Kier molecular flexibility index (Phi) is 3.75. The van der Waals surface area contributed by atoms with E-state index in [1.807, 2.05) is 29.1 Å². The van der Waals surface area contributed by atoms with Crippen LogP contribution in [0.15, 0.2) is 17.8 Å². The zero-order valence-corrected chi connectivity index (χ0v) is 10.4.